The van der Waals surface area contributed by atoms with E-state index in [1.165, 1.54) is 0 Å². The molecule has 0 spiro atoms. The molecule has 0 radical (unpaired) electrons. The summed E-state index contributed by atoms with van der Waals surface area (Å²) in [5.74, 6) is 1.38. The molecule has 1 N–H and O–H groups in total. The van der Waals surface area contributed by atoms with Crippen molar-refractivity contribution < 1.29 is 19.1 Å². The summed E-state index contributed by atoms with van der Waals surface area (Å²) in [5.41, 5.74) is 0. The maximum absolute atomic E-state index is 12.2. The van der Waals surface area contributed by atoms with Gasteiger partial charge in [-0.15, -0.1) is 0 Å². The lowest BCUT2D eigenvalue weighted by Crippen LogP contribution is -2.39. The van der Waals surface area contributed by atoms with E-state index < -0.39 is 0 Å². The molecule has 1 rings (SSSR count). The molecule has 0 aliphatic heterocycles. The molecule has 1 amide bonds. The molecule has 0 aromatic carbocycles. The van der Waals surface area contributed by atoms with Crippen molar-refractivity contribution in [1.82, 2.24) is 5.32 Å². The Morgan fingerprint density at radius 1 is 1.00 bits per heavy atom. The van der Waals surface area contributed by atoms with Gasteiger partial charge in [0.2, 0.25) is 5.91 Å². The van der Waals surface area contributed by atoms with E-state index in [0.717, 1.165) is 45.1 Å². The maximum atomic E-state index is 12.2. The standard InChI is InChI=1S/C21H39NO4/c1-5-17(4)21(24)18-7-9-19(10-8-18)22-20(23)11-14-25-12-6-13-26-15-16(2)3/h16-19H,5-15H2,1-4H3,(H,22,23). The van der Waals surface area contributed by atoms with E-state index in [9.17, 15) is 9.59 Å². The van der Waals surface area contributed by atoms with Crippen LogP contribution in [-0.2, 0) is 19.1 Å². The molecule has 152 valence electrons. The van der Waals surface area contributed by atoms with Crippen molar-refractivity contribution in [2.45, 2.75) is 78.7 Å². The lowest BCUT2D eigenvalue weighted by atomic mass is 9.79. The Balaban J connectivity index is 2.04. The van der Waals surface area contributed by atoms with Gasteiger partial charge in [0.1, 0.15) is 5.78 Å². The number of ketones is 1. The fourth-order valence-corrected chi connectivity index (χ4v) is 3.27. The van der Waals surface area contributed by atoms with Crippen LogP contribution in [0.25, 0.3) is 0 Å². The number of carbonyl (C=O) groups excluding carboxylic acids is 2. The van der Waals surface area contributed by atoms with Crippen molar-refractivity contribution in [3.05, 3.63) is 0 Å². The summed E-state index contributed by atoms with van der Waals surface area (Å²) in [6.07, 6.45) is 5.81. The van der Waals surface area contributed by atoms with Gasteiger partial charge in [-0.05, 0) is 44.4 Å². The van der Waals surface area contributed by atoms with E-state index in [2.05, 4.69) is 26.1 Å². The average molecular weight is 370 g/mol. The Bertz CT molecular complexity index is 403. The molecule has 1 aliphatic rings. The quantitative estimate of drug-likeness (QED) is 0.502. The molecule has 5 nitrogen and oxygen atoms in total. The summed E-state index contributed by atoms with van der Waals surface area (Å²) in [4.78, 5) is 24.3. The number of Topliss-reactive ketones (excluding diaryl/α,β-unsaturated/α-hetero) is 1. The molecule has 1 unspecified atom stereocenters. The van der Waals surface area contributed by atoms with Gasteiger partial charge in [0.15, 0.2) is 0 Å². The molecule has 1 aliphatic carbocycles. The highest BCUT2D eigenvalue weighted by atomic mass is 16.5. The van der Waals surface area contributed by atoms with Gasteiger partial charge < -0.3 is 14.8 Å². The first-order valence-electron chi connectivity index (χ1n) is 10.4. The van der Waals surface area contributed by atoms with Gasteiger partial charge in [-0.1, -0.05) is 27.7 Å². The molecular formula is C21H39NO4. The van der Waals surface area contributed by atoms with Gasteiger partial charge in [0.25, 0.3) is 0 Å². The number of carbonyl (C=O) groups is 2. The first-order chi connectivity index (χ1) is 12.4. The zero-order valence-electron chi connectivity index (χ0n) is 17.2. The first-order valence-corrected chi connectivity index (χ1v) is 10.4. The summed E-state index contributed by atoms with van der Waals surface area (Å²) in [5, 5.41) is 3.09. The Labute approximate surface area is 159 Å². The number of amides is 1. The molecule has 0 saturated heterocycles. The van der Waals surface area contributed by atoms with Crippen molar-refractivity contribution in [2.75, 3.05) is 26.4 Å². The largest absolute Gasteiger partial charge is 0.381 e. The Kier molecular flexibility index (Phi) is 11.8. The molecule has 0 bridgehead atoms. The highest BCUT2D eigenvalue weighted by Crippen LogP contribution is 2.28. The highest BCUT2D eigenvalue weighted by Gasteiger charge is 2.28. The predicted octanol–water partition coefficient (Wildman–Crippen LogP) is 3.75. The molecular weight excluding hydrogens is 330 g/mol. The average Bonchev–Trinajstić information content (AvgIpc) is 2.63. The number of ether oxygens (including phenoxy) is 2. The first kappa shape index (κ1) is 23.1. The third-order valence-electron chi connectivity index (χ3n) is 5.09. The fraction of sp³-hybridized carbons (Fsp3) is 0.905. The molecule has 1 fully saturated rings. The number of hydrogen-bond acceptors (Lipinski definition) is 4. The van der Waals surface area contributed by atoms with Crippen LogP contribution in [-0.4, -0.2) is 44.2 Å². The highest BCUT2D eigenvalue weighted by molar-refractivity contribution is 5.83. The minimum Gasteiger partial charge on any atom is -0.381 e. The zero-order valence-corrected chi connectivity index (χ0v) is 17.2. The Morgan fingerprint density at radius 3 is 2.27 bits per heavy atom. The lowest BCUT2D eigenvalue weighted by Gasteiger charge is -2.29. The van der Waals surface area contributed by atoms with E-state index in [4.69, 9.17) is 9.47 Å². The van der Waals surface area contributed by atoms with Crippen LogP contribution in [0, 0.1) is 17.8 Å². The second-order valence-electron chi connectivity index (χ2n) is 8.01. The minimum absolute atomic E-state index is 0.0535. The van der Waals surface area contributed by atoms with Crippen LogP contribution in [0.2, 0.25) is 0 Å². The summed E-state index contributed by atoms with van der Waals surface area (Å²) >= 11 is 0. The number of nitrogens with one attached hydrogen (secondary N) is 1. The van der Waals surface area contributed by atoms with E-state index >= 15 is 0 Å². The van der Waals surface area contributed by atoms with E-state index in [1.54, 1.807) is 0 Å². The van der Waals surface area contributed by atoms with Crippen LogP contribution in [0.3, 0.4) is 0 Å². The number of hydrogen-bond donors (Lipinski definition) is 1. The van der Waals surface area contributed by atoms with Gasteiger partial charge in [-0.2, -0.15) is 0 Å². The van der Waals surface area contributed by atoms with Crippen LogP contribution in [0.4, 0.5) is 0 Å². The van der Waals surface area contributed by atoms with Gasteiger partial charge >= 0.3 is 0 Å². The smallest absolute Gasteiger partial charge is 0.222 e. The van der Waals surface area contributed by atoms with Crippen LogP contribution in [0.15, 0.2) is 0 Å². The fourth-order valence-electron chi connectivity index (χ4n) is 3.27. The van der Waals surface area contributed by atoms with Gasteiger partial charge in [0.05, 0.1) is 6.61 Å². The van der Waals surface area contributed by atoms with Crippen LogP contribution in [0.5, 0.6) is 0 Å². The van der Waals surface area contributed by atoms with E-state index in [0.29, 0.717) is 37.9 Å². The Morgan fingerprint density at radius 2 is 1.65 bits per heavy atom. The molecule has 26 heavy (non-hydrogen) atoms. The third-order valence-corrected chi connectivity index (χ3v) is 5.09. The van der Waals surface area contributed by atoms with Crippen molar-refractivity contribution in [3.63, 3.8) is 0 Å². The van der Waals surface area contributed by atoms with Crippen molar-refractivity contribution in [3.8, 4) is 0 Å². The van der Waals surface area contributed by atoms with Crippen LogP contribution in [0.1, 0.15) is 72.6 Å². The monoisotopic (exact) mass is 369 g/mol. The Hall–Kier alpha value is -0.940. The molecule has 0 heterocycles. The minimum atomic E-state index is 0.0535. The van der Waals surface area contributed by atoms with E-state index in [1.807, 2.05) is 6.92 Å². The summed E-state index contributed by atoms with van der Waals surface area (Å²) < 4.78 is 11.0. The van der Waals surface area contributed by atoms with Crippen molar-refractivity contribution in [2.24, 2.45) is 17.8 Å². The second kappa shape index (κ2) is 13.3. The molecule has 5 heteroatoms. The second-order valence-corrected chi connectivity index (χ2v) is 8.01. The summed E-state index contributed by atoms with van der Waals surface area (Å²) in [7, 11) is 0. The SMILES string of the molecule is CCC(C)C(=O)C1CCC(NC(=O)CCOCCCOCC(C)C)CC1. The number of rotatable bonds is 13. The van der Waals surface area contributed by atoms with Gasteiger partial charge in [-0.3, -0.25) is 9.59 Å². The molecule has 0 aromatic rings. The molecule has 1 saturated carbocycles. The van der Waals surface area contributed by atoms with Crippen LogP contribution >= 0.6 is 0 Å². The predicted molar refractivity (Wildman–Crippen MR) is 104 cm³/mol. The lowest BCUT2D eigenvalue weighted by molar-refractivity contribution is -0.127. The maximum Gasteiger partial charge on any atom is 0.222 e. The van der Waals surface area contributed by atoms with Gasteiger partial charge in [0, 0.05) is 44.1 Å². The molecule has 0 aromatic heterocycles. The normalized spacial score (nSPS) is 21.6. The van der Waals surface area contributed by atoms with Crippen molar-refractivity contribution in [1.29, 1.82) is 0 Å². The third kappa shape index (κ3) is 9.67. The topological polar surface area (TPSA) is 64.6 Å². The van der Waals surface area contributed by atoms with Crippen LogP contribution < -0.4 is 5.32 Å². The molecule has 1 atom stereocenters. The van der Waals surface area contributed by atoms with E-state index in [-0.39, 0.29) is 23.8 Å². The van der Waals surface area contributed by atoms with Gasteiger partial charge in [-0.25, -0.2) is 0 Å². The zero-order chi connectivity index (χ0) is 19.4. The summed E-state index contributed by atoms with van der Waals surface area (Å²) in [6, 6.07) is 0.216. The summed E-state index contributed by atoms with van der Waals surface area (Å²) in [6.45, 7) is 10.9. The van der Waals surface area contributed by atoms with Crippen molar-refractivity contribution >= 4 is 11.7 Å².